The molecule has 0 bridgehead atoms. The number of benzene rings is 2. The molecule has 1 heterocycles. The lowest BCUT2D eigenvalue weighted by Gasteiger charge is -2.12. The largest absolute Gasteiger partial charge is 0.497 e. The zero-order valence-electron chi connectivity index (χ0n) is 18.0. The number of hydrogen-bond donors (Lipinski definition) is 3. The van der Waals surface area contributed by atoms with Gasteiger partial charge in [-0.25, -0.2) is 23.1 Å². The first-order valence-corrected chi connectivity index (χ1v) is 11.5. The third kappa shape index (κ3) is 6.27. The van der Waals surface area contributed by atoms with Crippen LogP contribution in [0.25, 0.3) is 0 Å². The van der Waals surface area contributed by atoms with Gasteiger partial charge in [-0.2, -0.15) is 0 Å². The summed E-state index contributed by atoms with van der Waals surface area (Å²) in [6.45, 7) is 3.50. The fourth-order valence-electron chi connectivity index (χ4n) is 2.88. The normalized spacial score (nSPS) is 10.9. The summed E-state index contributed by atoms with van der Waals surface area (Å²) in [5.41, 5.74) is 2.40. The van der Waals surface area contributed by atoms with Crippen molar-refractivity contribution in [3.05, 3.63) is 65.5 Å². The highest BCUT2D eigenvalue weighted by Crippen LogP contribution is 2.17. The van der Waals surface area contributed by atoms with Crippen LogP contribution in [0.4, 0.5) is 11.6 Å². The number of ether oxygens (including phenoxy) is 1. The summed E-state index contributed by atoms with van der Waals surface area (Å²) >= 11 is 5.16. The maximum Gasteiger partial charge on any atom is 0.264 e. The molecule has 0 aliphatic heterocycles. The number of carbonyl (C=O) groups excluding carboxylic acids is 1. The molecule has 0 aliphatic carbocycles. The first-order chi connectivity index (χ1) is 15.6. The smallest absolute Gasteiger partial charge is 0.264 e. The highest BCUT2D eigenvalue weighted by molar-refractivity contribution is 7.92. The molecule has 0 saturated heterocycles. The van der Waals surface area contributed by atoms with E-state index in [1.54, 1.807) is 32.0 Å². The first kappa shape index (κ1) is 24.1. The van der Waals surface area contributed by atoms with E-state index in [0.717, 1.165) is 0 Å². The fraction of sp³-hybridized carbons (Fsp3) is 0.143. The Morgan fingerprint density at radius 3 is 2.24 bits per heavy atom. The van der Waals surface area contributed by atoms with Gasteiger partial charge >= 0.3 is 0 Å². The summed E-state index contributed by atoms with van der Waals surface area (Å²) in [6, 6.07) is 12.2. The van der Waals surface area contributed by atoms with E-state index in [9.17, 15) is 13.2 Å². The lowest BCUT2D eigenvalue weighted by molar-refractivity contribution is 0.0977. The Balaban J connectivity index is 1.64. The number of aromatic nitrogens is 2. The van der Waals surface area contributed by atoms with Crippen LogP contribution in [-0.2, 0) is 10.0 Å². The summed E-state index contributed by atoms with van der Waals surface area (Å²) < 4.78 is 32.7. The molecular weight excluding hydrogens is 461 g/mol. The van der Waals surface area contributed by atoms with Crippen LogP contribution in [-0.4, -0.2) is 44.4 Å². The molecule has 0 aliphatic rings. The van der Waals surface area contributed by atoms with Gasteiger partial charge in [0.2, 0.25) is 5.95 Å². The predicted octanol–water partition coefficient (Wildman–Crippen LogP) is 1.82. The molecule has 12 heteroatoms. The monoisotopic (exact) mass is 481 g/mol. The number of anilines is 2. The molecule has 1 aromatic heterocycles. The minimum absolute atomic E-state index is 0.00207. The molecule has 33 heavy (non-hydrogen) atoms. The van der Waals surface area contributed by atoms with Crippen molar-refractivity contribution in [2.75, 3.05) is 17.1 Å². The molecule has 1 amide bonds. The molecule has 2 radical (unpaired) electrons. The van der Waals surface area contributed by atoms with Crippen LogP contribution >= 0.6 is 12.2 Å². The van der Waals surface area contributed by atoms with Crippen LogP contribution in [0.2, 0.25) is 0 Å². The predicted molar refractivity (Wildman–Crippen MR) is 131 cm³/mol. The number of sulfonamides is 1. The van der Waals surface area contributed by atoms with E-state index >= 15 is 0 Å². The molecule has 0 saturated carbocycles. The van der Waals surface area contributed by atoms with E-state index < -0.39 is 15.9 Å². The lowest BCUT2D eigenvalue weighted by Crippen LogP contribution is -2.34. The van der Waals surface area contributed by atoms with Crippen molar-refractivity contribution in [3.63, 3.8) is 0 Å². The van der Waals surface area contributed by atoms with Gasteiger partial charge in [0.05, 0.1) is 12.0 Å². The summed E-state index contributed by atoms with van der Waals surface area (Å²) in [4.78, 5) is 20.5. The van der Waals surface area contributed by atoms with Crippen molar-refractivity contribution in [3.8, 4) is 5.75 Å². The van der Waals surface area contributed by atoms with E-state index in [4.69, 9.17) is 24.8 Å². The molecule has 0 fully saturated rings. The Hall–Kier alpha value is -3.51. The average molecular weight is 481 g/mol. The zero-order chi connectivity index (χ0) is 24.2. The maximum atomic E-state index is 12.6. The third-order valence-electron chi connectivity index (χ3n) is 4.35. The van der Waals surface area contributed by atoms with E-state index in [-0.39, 0.29) is 16.0 Å². The molecule has 0 spiro atoms. The Kier molecular flexibility index (Phi) is 7.29. The molecule has 0 unspecified atom stereocenters. The van der Waals surface area contributed by atoms with Gasteiger partial charge in [-0.3, -0.25) is 10.1 Å². The SMILES string of the molecule is [B]c1cc(C(=O)NC(=S)Nc2ccc(S(=O)(=O)Nc3nc(C)cc(C)n3)cc2)ccc1OC. The molecule has 3 aromatic rings. The molecule has 3 N–H and O–H groups in total. The lowest BCUT2D eigenvalue weighted by atomic mass is 9.93. The Labute approximate surface area is 198 Å². The highest BCUT2D eigenvalue weighted by Gasteiger charge is 2.16. The molecule has 168 valence electrons. The molecule has 2 aromatic carbocycles. The Morgan fingerprint density at radius 1 is 1.03 bits per heavy atom. The zero-order valence-corrected chi connectivity index (χ0v) is 19.7. The van der Waals surface area contributed by atoms with Gasteiger partial charge < -0.3 is 10.1 Å². The number of nitrogens with zero attached hydrogens (tertiary/aromatic N) is 2. The number of nitrogens with one attached hydrogen (secondary N) is 3. The van der Waals surface area contributed by atoms with Gasteiger partial charge in [-0.1, -0.05) is 11.5 Å². The van der Waals surface area contributed by atoms with Crippen molar-refractivity contribution in [1.29, 1.82) is 0 Å². The maximum absolute atomic E-state index is 12.6. The first-order valence-electron chi connectivity index (χ1n) is 9.58. The van der Waals surface area contributed by atoms with Crippen molar-refractivity contribution in [2.45, 2.75) is 18.7 Å². The average Bonchev–Trinajstić information content (AvgIpc) is 2.72. The van der Waals surface area contributed by atoms with Crippen LogP contribution in [0.15, 0.2) is 53.4 Å². The second-order valence-corrected chi connectivity index (χ2v) is 9.06. The minimum atomic E-state index is -3.88. The van der Waals surface area contributed by atoms with Crippen molar-refractivity contribution in [2.24, 2.45) is 0 Å². The summed E-state index contributed by atoms with van der Waals surface area (Å²) in [5, 5.41) is 5.40. The van der Waals surface area contributed by atoms with Crippen LogP contribution in [0.3, 0.4) is 0 Å². The second kappa shape index (κ2) is 9.96. The van der Waals surface area contributed by atoms with E-state index in [1.165, 1.54) is 37.4 Å². The molecule has 3 rings (SSSR count). The van der Waals surface area contributed by atoms with E-state index in [2.05, 4.69) is 25.3 Å². The van der Waals surface area contributed by atoms with Gasteiger partial charge in [-0.15, -0.1) is 0 Å². The third-order valence-corrected chi connectivity index (χ3v) is 5.90. The highest BCUT2D eigenvalue weighted by atomic mass is 32.2. The molecule has 9 nitrogen and oxygen atoms in total. The van der Waals surface area contributed by atoms with Crippen molar-refractivity contribution in [1.82, 2.24) is 15.3 Å². The fourth-order valence-corrected chi connectivity index (χ4v) is 4.04. The minimum Gasteiger partial charge on any atom is -0.497 e. The Morgan fingerprint density at radius 2 is 1.67 bits per heavy atom. The summed E-state index contributed by atoms with van der Waals surface area (Å²) in [5.74, 6) is -0.00246. The summed E-state index contributed by atoms with van der Waals surface area (Å²) in [6.07, 6.45) is 0. The number of aryl methyl sites for hydroxylation is 2. The van der Waals surface area contributed by atoms with Crippen molar-refractivity contribution >= 4 is 58.2 Å². The van der Waals surface area contributed by atoms with Gasteiger partial charge in [0.15, 0.2) is 5.11 Å². The summed E-state index contributed by atoms with van der Waals surface area (Å²) in [7, 11) is 3.42. The number of thiocarbonyl (C=S) groups is 1. The number of rotatable bonds is 6. The number of hydrogen-bond acceptors (Lipinski definition) is 7. The van der Waals surface area contributed by atoms with Crippen LogP contribution in [0, 0.1) is 13.8 Å². The van der Waals surface area contributed by atoms with Crippen molar-refractivity contribution < 1.29 is 17.9 Å². The van der Waals surface area contributed by atoms with Gasteiger partial charge in [0, 0.05) is 22.6 Å². The number of amides is 1. The second-order valence-electron chi connectivity index (χ2n) is 6.97. The Bertz CT molecular complexity index is 1290. The quantitative estimate of drug-likeness (QED) is 0.360. The van der Waals surface area contributed by atoms with Crippen LogP contribution in [0.1, 0.15) is 21.7 Å². The van der Waals surface area contributed by atoms with Gasteiger partial charge in [-0.05, 0) is 68.5 Å². The molecular formula is C21H20BN5O4S2. The van der Waals surface area contributed by atoms with E-state index in [0.29, 0.717) is 33.9 Å². The molecule has 0 atom stereocenters. The number of methoxy groups -OCH3 is 1. The van der Waals surface area contributed by atoms with Gasteiger partial charge in [0.1, 0.15) is 13.6 Å². The van der Waals surface area contributed by atoms with E-state index in [1.807, 2.05) is 0 Å². The topological polar surface area (TPSA) is 122 Å². The van der Waals surface area contributed by atoms with Crippen LogP contribution in [0.5, 0.6) is 5.75 Å². The van der Waals surface area contributed by atoms with Crippen LogP contribution < -0.4 is 25.6 Å². The standard InChI is InChI=1S/C21H20BN5O4S2/c1-12-10-13(2)24-20(23-12)27-33(29,30)16-7-5-15(6-8-16)25-21(32)26-19(28)14-4-9-18(31-3)17(22)11-14/h4-11H,1-3H3,(H,23,24,27)(H2,25,26,28,32). The number of carbonyl (C=O) groups is 1. The van der Waals surface area contributed by atoms with Gasteiger partial charge in [0.25, 0.3) is 15.9 Å².